The highest BCUT2D eigenvalue weighted by atomic mass is 79.9. The zero-order chi connectivity index (χ0) is 54.0. The van der Waals surface area contributed by atoms with E-state index in [9.17, 15) is 0 Å². The first kappa shape index (κ1) is 55.2. The van der Waals surface area contributed by atoms with Gasteiger partial charge in [-0.25, -0.2) is 0 Å². The monoisotopic (exact) mass is 1700 g/mol. The number of rotatable bonds is 4. The van der Waals surface area contributed by atoms with Crippen molar-refractivity contribution >= 4 is 319 Å². The standard InChI is InChI=1S/C32H14Br4S4.C28H10Br4S6/c1-3-5-15-7-9-17(21(33)11-15)27-25(35)31-29(39-27)19-13-24-20(14-23(19)37-31)30-32(38-24)26(36)28(40-30)18-10-8-16(6-4-2)12-22(18)34;1-3-5-11-7-15(29)23(33-11)27-19(31)25-21(37-27)13-9-18-14(10-17(13)35-25)22-26(36-18)20(32)28(38-22)24-16(30)8-12(34-24)6-4-2/h7-14H,1-2H3;7-10H,1-2H3. The molecule has 14 rings (SSSR count). The molecule has 0 aliphatic heterocycles. The third-order valence-corrected chi connectivity index (χ3v) is 33.4. The van der Waals surface area contributed by atoms with Crippen LogP contribution in [0.4, 0.5) is 0 Å². The van der Waals surface area contributed by atoms with Crippen LogP contribution in [0, 0.1) is 47.4 Å². The van der Waals surface area contributed by atoms with Crippen LogP contribution in [-0.4, -0.2) is 0 Å². The van der Waals surface area contributed by atoms with Crippen LogP contribution in [0.3, 0.4) is 0 Å². The molecule has 0 fully saturated rings. The molecule has 0 aliphatic carbocycles. The van der Waals surface area contributed by atoms with Gasteiger partial charge in [-0.3, -0.25) is 0 Å². The fourth-order valence-electron chi connectivity index (χ4n) is 9.16. The summed E-state index contributed by atoms with van der Waals surface area (Å²) in [6.45, 7) is 7.49. The number of halogens is 8. The Kier molecular flexibility index (Phi) is 15.7. The molecule has 0 saturated heterocycles. The Morgan fingerprint density at radius 1 is 0.282 bits per heavy atom. The number of fused-ring (bicyclic) bond motifs is 12. The molecular weight excluding hydrogens is 1680 g/mol. The van der Waals surface area contributed by atoms with Crippen LogP contribution in [0.1, 0.15) is 48.6 Å². The van der Waals surface area contributed by atoms with Crippen molar-refractivity contribution in [1.82, 2.24) is 0 Å². The first-order chi connectivity index (χ1) is 37.7. The average molecular weight is 1700 g/mol. The van der Waals surface area contributed by atoms with E-state index < -0.39 is 0 Å². The molecule has 78 heavy (non-hydrogen) atoms. The van der Waals surface area contributed by atoms with E-state index in [0.717, 1.165) is 38.8 Å². The summed E-state index contributed by atoms with van der Waals surface area (Å²) in [5.74, 6) is 24.7. The summed E-state index contributed by atoms with van der Waals surface area (Å²) in [6.07, 6.45) is 0. The van der Waals surface area contributed by atoms with E-state index in [0.29, 0.717) is 0 Å². The largest absolute Gasteiger partial charge is 0.133 e. The van der Waals surface area contributed by atoms with E-state index >= 15 is 0 Å². The van der Waals surface area contributed by atoms with Crippen LogP contribution in [0.2, 0.25) is 0 Å². The molecule has 0 saturated carbocycles. The van der Waals surface area contributed by atoms with Gasteiger partial charge in [-0.05, 0) is 184 Å². The highest BCUT2D eigenvalue weighted by Crippen LogP contribution is 2.58. The number of hydrogen-bond donors (Lipinski definition) is 0. The maximum Gasteiger partial charge on any atom is 0.0786 e. The number of benzene rings is 4. The molecule has 4 aromatic carbocycles. The maximum absolute atomic E-state index is 3.95. The molecule has 0 bridgehead atoms. The summed E-state index contributed by atoms with van der Waals surface area (Å²) in [4.78, 5) is 9.65. The molecule has 10 aromatic heterocycles. The fraction of sp³-hybridized carbons (Fsp3) is 0.0667. The summed E-state index contributed by atoms with van der Waals surface area (Å²) in [6, 6.07) is 26.5. The van der Waals surface area contributed by atoms with Crippen LogP contribution in [0.15, 0.2) is 109 Å². The lowest BCUT2D eigenvalue weighted by Gasteiger charge is -2.04. The van der Waals surface area contributed by atoms with Crippen molar-refractivity contribution in [2.75, 3.05) is 0 Å². The van der Waals surface area contributed by atoms with Crippen molar-refractivity contribution < 1.29 is 0 Å². The molecule has 0 nitrogen and oxygen atoms in total. The highest BCUT2D eigenvalue weighted by Gasteiger charge is 2.26. The molecule has 10 heterocycles. The zero-order valence-corrected chi connectivity index (χ0v) is 60.9. The molecule has 0 radical (unpaired) electrons. The normalized spacial score (nSPS) is 11.4. The maximum atomic E-state index is 3.95. The molecule has 0 unspecified atom stereocenters. The Hall–Kier alpha value is -1.96. The minimum absolute atomic E-state index is 1.02. The van der Waals surface area contributed by atoms with Gasteiger partial charge >= 0.3 is 0 Å². The predicted octanol–water partition coefficient (Wildman–Crippen LogP) is 27.5. The lowest BCUT2D eigenvalue weighted by molar-refractivity contribution is 1.59. The summed E-state index contributed by atoms with van der Waals surface area (Å²) in [5, 5.41) is 5.33. The van der Waals surface area contributed by atoms with Gasteiger partial charge in [-0.2, -0.15) is 0 Å². The lowest BCUT2D eigenvalue weighted by atomic mass is 10.1. The Bertz CT molecular complexity index is 4850. The Morgan fingerprint density at radius 3 is 0.897 bits per heavy atom. The minimum Gasteiger partial charge on any atom is -0.133 e. The van der Waals surface area contributed by atoms with Gasteiger partial charge in [0, 0.05) is 80.5 Å². The van der Waals surface area contributed by atoms with E-state index in [-0.39, 0.29) is 0 Å². The van der Waals surface area contributed by atoms with Crippen molar-refractivity contribution in [3.05, 3.63) is 129 Å². The van der Waals surface area contributed by atoms with Gasteiger partial charge in [0.2, 0.25) is 0 Å². The van der Waals surface area contributed by atoms with E-state index in [1.54, 1.807) is 22.7 Å². The van der Waals surface area contributed by atoms with E-state index in [1.807, 2.05) is 118 Å². The molecule has 0 spiro atoms. The molecule has 0 amide bonds. The van der Waals surface area contributed by atoms with Gasteiger partial charge in [0.1, 0.15) is 0 Å². The van der Waals surface area contributed by atoms with Crippen LogP contribution in [0.25, 0.3) is 118 Å². The second-order valence-electron chi connectivity index (χ2n) is 17.2. The quantitative estimate of drug-likeness (QED) is 0.154. The van der Waals surface area contributed by atoms with Crippen LogP contribution in [0.5, 0.6) is 0 Å². The van der Waals surface area contributed by atoms with Crippen molar-refractivity contribution in [3.8, 4) is 87.8 Å². The van der Waals surface area contributed by atoms with Gasteiger partial charge in [0.25, 0.3) is 0 Å². The third-order valence-electron chi connectivity index (χ3n) is 12.5. The molecule has 18 heteroatoms. The second kappa shape index (κ2) is 22.2. The molecule has 0 atom stereocenters. The smallest absolute Gasteiger partial charge is 0.0786 e. The van der Waals surface area contributed by atoms with E-state index in [2.05, 4.69) is 248 Å². The highest BCUT2D eigenvalue weighted by molar-refractivity contribution is 9.12. The SMILES string of the molecule is CC#Cc1cc(Br)c(-c2sc3c(sc4cc5c(cc43)sc3c(Br)c(-c4sc(C#CC)cc4Br)sc35)c2Br)s1.CC#Cc1ccc(-c2sc3c(sc4cc5c(cc43)sc3c(Br)c(-c4ccc(C#CC)cc4Br)sc35)c2Br)c(Br)c1. The molecule has 0 aliphatic rings. The van der Waals surface area contributed by atoms with E-state index in [4.69, 9.17) is 0 Å². The summed E-state index contributed by atoms with van der Waals surface area (Å²) < 4.78 is 24.9. The van der Waals surface area contributed by atoms with E-state index in [1.165, 1.54) is 136 Å². The Labute approximate surface area is 555 Å². The van der Waals surface area contributed by atoms with Gasteiger partial charge < -0.3 is 0 Å². The van der Waals surface area contributed by atoms with Crippen molar-refractivity contribution in [1.29, 1.82) is 0 Å². The molecule has 0 N–H and O–H groups in total. The molecule has 380 valence electrons. The molecular formula is C60H24Br8S10. The number of thiophene rings is 10. The Morgan fingerprint density at radius 2 is 0.590 bits per heavy atom. The second-order valence-corrected chi connectivity index (χ2v) is 34.2. The van der Waals surface area contributed by atoms with Gasteiger partial charge in [-0.15, -0.1) is 137 Å². The minimum atomic E-state index is 1.02. The summed E-state index contributed by atoms with van der Waals surface area (Å²) in [5.41, 5.74) is 4.40. The van der Waals surface area contributed by atoms with Crippen LogP contribution < -0.4 is 0 Å². The van der Waals surface area contributed by atoms with Gasteiger partial charge in [-0.1, -0.05) is 67.7 Å². The van der Waals surface area contributed by atoms with Crippen LogP contribution in [-0.2, 0) is 0 Å². The Balaban J connectivity index is 0.000000149. The van der Waals surface area contributed by atoms with Crippen molar-refractivity contribution in [3.63, 3.8) is 0 Å². The average Bonchev–Trinajstić information content (AvgIpc) is 4.39. The molecule has 14 aromatic rings. The van der Waals surface area contributed by atoms with Crippen molar-refractivity contribution in [2.45, 2.75) is 27.7 Å². The third kappa shape index (κ3) is 9.49. The number of hydrogen-bond acceptors (Lipinski definition) is 10. The lowest BCUT2D eigenvalue weighted by Crippen LogP contribution is -1.80. The fourth-order valence-corrected chi connectivity index (χ4v) is 29.4. The van der Waals surface area contributed by atoms with Crippen molar-refractivity contribution in [2.24, 2.45) is 0 Å². The zero-order valence-electron chi connectivity index (χ0n) is 40.0. The first-order valence-electron chi connectivity index (χ1n) is 23.0. The van der Waals surface area contributed by atoms with Gasteiger partial charge in [0.15, 0.2) is 0 Å². The topological polar surface area (TPSA) is 0 Å². The summed E-state index contributed by atoms with van der Waals surface area (Å²) in [7, 11) is 0. The first-order valence-corrected chi connectivity index (χ1v) is 37.5. The predicted molar refractivity (Wildman–Crippen MR) is 385 cm³/mol. The van der Waals surface area contributed by atoms with Gasteiger partial charge in [0.05, 0.1) is 94.5 Å². The van der Waals surface area contributed by atoms with Crippen LogP contribution >= 0.6 is 241 Å². The summed E-state index contributed by atoms with van der Waals surface area (Å²) >= 11 is 49.3.